The van der Waals surface area contributed by atoms with Crippen LogP contribution in [0, 0.1) is 5.41 Å². The first kappa shape index (κ1) is 22.5. The lowest BCUT2D eigenvalue weighted by Crippen LogP contribution is -2.58. The van der Waals surface area contributed by atoms with Crippen LogP contribution in [0.25, 0.3) is 0 Å². The van der Waals surface area contributed by atoms with Crippen molar-refractivity contribution < 1.29 is 24.0 Å². The Kier molecular flexibility index (Phi) is 9.18. The summed E-state index contributed by atoms with van der Waals surface area (Å²) >= 11 is 0. The van der Waals surface area contributed by atoms with Gasteiger partial charge in [-0.25, -0.2) is 5.90 Å². The average Bonchev–Trinajstić information content (AvgIpc) is 2.56. The Morgan fingerprint density at radius 2 is 1.85 bits per heavy atom. The summed E-state index contributed by atoms with van der Waals surface area (Å²) in [7, 11) is 0. The van der Waals surface area contributed by atoms with Crippen LogP contribution < -0.4 is 5.90 Å². The van der Waals surface area contributed by atoms with Crippen molar-refractivity contribution in [3.05, 3.63) is 0 Å². The molecule has 1 atom stereocenters. The number of unbranched alkanes of at least 4 members (excludes halogenated alkanes) is 1. The first-order valence-electron chi connectivity index (χ1n) is 9.15. The molecule has 1 unspecified atom stereocenters. The molecule has 1 fully saturated rings. The number of hydrogen-bond donors (Lipinski definition) is 1. The number of hydrogen-bond acceptors (Lipinski definition) is 7. The molecule has 0 aliphatic carbocycles. The zero-order chi connectivity index (χ0) is 19.7. The molecule has 150 valence electrons. The van der Waals surface area contributed by atoms with Gasteiger partial charge in [-0.2, -0.15) is 0 Å². The van der Waals surface area contributed by atoms with Crippen LogP contribution in [0.15, 0.2) is 0 Å². The van der Waals surface area contributed by atoms with Gasteiger partial charge in [-0.3, -0.25) is 19.3 Å². The highest BCUT2D eigenvalue weighted by Gasteiger charge is 2.33. The van der Waals surface area contributed by atoms with E-state index in [1.165, 1.54) is 6.92 Å². The van der Waals surface area contributed by atoms with Gasteiger partial charge in [0.2, 0.25) is 5.91 Å². The van der Waals surface area contributed by atoms with Crippen LogP contribution in [0.3, 0.4) is 0 Å². The molecule has 1 aliphatic rings. The van der Waals surface area contributed by atoms with Crippen LogP contribution in [-0.4, -0.2) is 72.9 Å². The number of Topliss-reactive ketones (excluding diaryl/α,β-unsaturated/α-hetero) is 1. The van der Waals surface area contributed by atoms with Crippen molar-refractivity contribution in [3.8, 4) is 0 Å². The summed E-state index contributed by atoms with van der Waals surface area (Å²) in [4.78, 5) is 44.3. The van der Waals surface area contributed by atoms with E-state index in [2.05, 4.69) is 4.84 Å². The molecule has 1 heterocycles. The van der Waals surface area contributed by atoms with Gasteiger partial charge in [0.25, 0.3) is 0 Å². The minimum atomic E-state index is -0.427. The second-order valence-electron chi connectivity index (χ2n) is 7.77. The normalized spacial score (nSPS) is 18.7. The summed E-state index contributed by atoms with van der Waals surface area (Å²) in [5.74, 6) is 4.81. The van der Waals surface area contributed by atoms with Crippen molar-refractivity contribution in [1.29, 1.82) is 0 Å². The number of ether oxygens (including phenoxy) is 1. The second-order valence-corrected chi connectivity index (χ2v) is 7.77. The zero-order valence-electron chi connectivity index (χ0n) is 16.5. The van der Waals surface area contributed by atoms with Crippen molar-refractivity contribution in [2.75, 3.05) is 39.4 Å². The molecule has 0 bridgehead atoms. The summed E-state index contributed by atoms with van der Waals surface area (Å²) < 4.78 is 5.16. The highest BCUT2D eigenvalue weighted by molar-refractivity contribution is 5.85. The van der Waals surface area contributed by atoms with Crippen LogP contribution >= 0.6 is 0 Å². The molecule has 1 rings (SSSR count). The third-order valence-corrected chi connectivity index (χ3v) is 4.52. The van der Waals surface area contributed by atoms with E-state index in [4.69, 9.17) is 10.6 Å². The number of nitrogens with two attached hydrogens (primary N) is 1. The Hall–Kier alpha value is -1.51. The summed E-state index contributed by atoms with van der Waals surface area (Å²) in [6, 6.07) is -0.171. The standard InChI is InChI=1S/C18H33N3O5/c1-14(22)25-13-15-11-21(17(24)7-5-6-10-26-19)9-8-20(15)12-16(23)18(2,3)4/h15H,5-13,19H2,1-4H3. The van der Waals surface area contributed by atoms with E-state index in [1.807, 2.05) is 25.7 Å². The minimum Gasteiger partial charge on any atom is -0.464 e. The number of carbonyl (C=O) groups is 3. The quantitative estimate of drug-likeness (QED) is 0.362. The highest BCUT2D eigenvalue weighted by atomic mass is 16.6. The molecule has 1 saturated heterocycles. The summed E-state index contributed by atoms with van der Waals surface area (Å²) in [6.45, 7) is 9.55. The maximum atomic E-state index is 12.4. The van der Waals surface area contributed by atoms with Gasteiger partial charge in [0.05, 0.1) is 19.2 Å². The second kappa shape index (κ2) is 10.6. The fraction of sp³-hybridized carbons (Fsp3) is 0.833. The molecule has 8 heteroatoms. The van der Waals surface area contributed by atoms with E-state index in [0.717, 1.165) is 6.42 Å². The fourth-order valence-corrected chi connectivity index (χ4v) is 2.74. The number of ketones is 1. The van der Waals surface area contributed by atoms with E-state index in [9.17, 15) is 14.4 Å². The third-order valence-electron chi connectivity index (χ3n) is 4.52. The Morgan fingerprint density at radius 3 is 2.42 bits per heavy atom. The van der Waals surface area contributed by atoms with Crippen LogP contribution in [0.2, 0.25) is 0 Å². The summed E-state index contributed by atoms with van der Waals surface area (Å²) in [5, 5.41) is 0. The van der Waals surface area contributed by atoms with Crippen molar-refractivity contribution in [3.63, 3.8) is 0 Å². The predicted molar refractivity (Wildman–Crippen MR) is 97.0 cm³/mol. The monoisotopic (exact) mass is 371 g/mol. The van der Waals surface area contributed by atoms with Gasteiger partial charge in [-0.05, 0) is 12.8 Å². The molecule has 0 aromatic heterocycles. The number of esters is 1. The van der Waals surface area contributed by atoms with E-state index < -0.39 is 5.41 Å². The van der Waals surface area contributed by atoms with Crippen molar-refractivity contribution in [1.82, 2.24) is 9.80 Å². The lowest BCUT2D eigenvalue weighted by Gasteiger charge is -2.41. The van der Waals surface area contributed by atoms with Gasteiger partial charge in [-0.1, -0.05) is 20.8 Å². The van der Waals surface area contributed by atoms with Crippen molar-refractivity contribution in [2.45, 2.75) is 53.0 Å². The van der Waals surface area contributed by atoms with Crippen LogP contribution in [0.1, 0.15) is 47.0 Å². The maximum absolute atomic E-state index is 12.4. The van der Waals surface area contributed by atoms with Crippen LogP contribution in [-0.2, 0) is 24.0 Å². The number of piperazine rings is 1. The molecule has 2 N–H and O–H groups in total. The molecular weight excluding hydrogens is 338 g/mol. The molecule has 0 spiro atoms. The molecule has 0 saturated carbocycles. The van der Waals surface area contributed by atoms with Crippen molar-refractivity contribution in [2.24, 2.45) is 11.3 Å². The number of carbonyl (C=O) groups excluding carboxylic acids is 3. The largest absolute Gasteiger partial charge is 0.464 e. The summed E-state index contributed by atoms with van der Waals surface area (Å²) in [6.07, 6.45) is 1.89. The molecule has 0 aromatic carbocycles. The molecule has 0 aromatic rings. The lowest BCUT2D eigenvalue weighted by molar-refractivity contribution is -0.145. The first-order valence-corrected chi connectivity index (χ1v) is 9.15. The van der Waals surface area contributed by atoms with Crippen LogP contribution in [0.4, 0.5) is 0 Å². The zero-order valence-corrected chi connectivity index (χ0v) is 16.5. The topological polar surface area (TPSA) is 102 Å². The fourth-order valence-electron chi connectivity index (χ4n) is 2.74. The summed E-state index contributed by atoms with van der Waals surface area (Å²) in [5.41, 5.74) is -0.427. The highest BCUT2D eigenvalue weighted by Crippen LogP contribution is 2.19. The average molecular weight is 371 g/mol. The van der Waals surface area contributed by atoms with Gasteiger partial charge in [0.1, 0.15) is 6.61 Å². The number of nitrogens with zero attached hydrogens (tertiary/aromatic N) is 2. The van der Waals surface area contributed by atoms with Gasteiger partial charge in [0.15, 0.2) is 5.78 Å². The number of rotatable bonds is 9. The van der Waals surface area contributed by atoms with E-state index in [0.29, 0.717) is 45.6 Å². The van der Waals surface area contributed by atoms with Gasteiger partial charge in [0, 0.05) is 38.4 Å². The van der Waals surface area contributed by atoms with E-state index in [1.54, 1.807) is 4.90 Å². The van der Waals surface area contributed by atoms with Crippen LogP contribution in [0.5, 0.6) is 0 Å². The third kappa shape index (κ3) is 7.80. The molecule has 1 amide bonds. The molecular formula is C18H33N3O5. The predicted octanol–water partition coefficient (Wildman–Crippen LogP) is 0.738. The first-order chi connectivity index (χ1) is 12.1. The Morgan fingerprint density at radius 1 is 1.15 bits per heavy atom. The van der Waals surface area contributed by atoms with E-state index >= 15 is 0 Å². The van der Waals surface area contributed by atoms with Gasteiger partial charge in [-0.15, -0.1) is 0 Å². The van der Waals surface area contributed by atoms with Gasteiger partial charge < -0.3 is 14.5 Å². The minimum absolute atomic E-state index is 0.0663. The molecule has 0 radical (unpaired) electrons. The molecule has 26 heavy (non-hydrogen) atoms. The Labute approximate surface area is 155 Å². The molecule has 1 aliphatic heterocycles. The van der Waals surface area contributed by atoms with E-state index in [-0.39, 0.29) is 30.3 Å². The van der Waals surface area contributed by atoms with Crippen molar-refractivity contribution >= 4 is 17.7 Å². The Balaban J connectivity index is 2.65. The van der Waals surface area contributed by atoms with Gasteiger partial charge >= 0.3 is 5.97 Å². The number of amides is 1. The lowest BCUT2D eigenvalue weighted by atomic mass is 9.90. The Bertz CT molecular complexity index is 490. The maximum Gasteiger partial charge on any atom is 0.302 e. The smallest absolute Gasteiger partial charge is 0.302 e. The SMILES string of the molecule is CC(=O)OCC1CN(C(=O)CCCCON)CCN1CC(=O)C(C)(C)C. The molecule has 8 nitrogen and oxygen atoms in total.